The highest BCUT2D eigenvalue weighted by atomic mass is 15.4. The third kappa shape index (κ3) is 8.41. The molecular weight excluding hydrogens is 328 g/mol. The quantitative estimate of drug-likeness (QED) is 0.298. The largest absolute Gasteiger partial charge is 0.356 e. The van der Waals surface area contributed by atoms with Crippen LogP contribution in [0.15, 0.2) is 42.7 Å². The van der Waals surface area contributed by atoms with Gasteiger partial charge in [-0.15, -0.1) is 0 Å². The van der Waals surface area contributed by atoms with Gasteiger partial charge in [0.1, 0.15) is 6.17 Å². The summed E-state index contributed by atoms with van der Waals surface area (Å²) in [7, 11) is 0. The van der Waals surface area contributed by atoms with Crippen LogP contribution in [0.25, 0.3) is 0 Å². The van der Waals surface area contributed by atoms with Gasteiger partial charge in [0, 0.05) is 25.5 Å². The van der Waals surface area contributed by atoms with Gasteiger partial charge in [-0.2, -0.15) is 0 Å². The molecule has 152 valence electrons. The Hall–Kier alpha value is -1.44. The van der Waals surface area contributed by atoms with Crippen LogP contribution in [0.2, 0.25) is 0 Å². The maximum absolute atomic E-state index is 2.61. The molecule has 0 spiro atoms. The molecule has 1 heterocycles. The SMILES string of the molecule is CCCCCCCCN1C=CN(Cc2ccccc2)C1CCCCCCC. The molecule has 1 unspecified atom stereocenters. The fourth-order valence-corrected chi connectivity index (χ4v) is 4.07. The minimum Gasteiger partial charge on any atom is -0.356 e. The molecule has 1 aliphatic rings. The summed E-state index contributed by atoms with van der Waals surface area (Å²) in [6, 6.07) is 10.9. The number of hydrogen-bond acceptors (Lipinski definition) is 2. The van der Waals surface area contributed by atoms with Crippen molar-refractivity contribution in [2.75, 3.05) is 6.54 Å². The van der Waals surface area contributed by atoms with Gasteiger partial charge in [0.2, 0.25) is 0 Å². The fourth-order valence-electron chi connectivity index (χ4n) is 4.07. The van der Waals surface area contributed by atoms with E-state index in [0.717, 1.165) is 6.54 Å². The molecule has 2 rings (SSSR count). The molecule has 1 aromatic rings. The van der Waals surface area contributed by atoms with E-state index < -0.39 is 0 Å². The van der Waals surface area contributed by atoms with Crippen LogP contribution in [0.4, 0.5) is 0 Å². The maximum Gasteiger partial charge on any atom is 0.101 e. The van der Waals surface area contributed by atoms with E-state index in [1.54, 1.807) is 0 Å². The first-order valence-electron chi connectivity index (χ1n) is 11.6. The van der Waals surface area contributed by atoms with Crippen molar-refractivity contribution in [1.29, 1.82) is 0 Å². The van der Waals surface area contributed by atoms with E-state index in [0.29, 0.717) is 6.17 Å². The molecule has 0 N–H and O–H groups in total. The van der Waals surface area contributed by atoms with E-state index in [1.165, 1.54) is 89.2 Å². The minimum absolute atomic E-state index is 0.558. The molecule has 2 nitrogen and oxygen atoms in total. The van der Waals surface area contributed by atoms with Crippen molar-refractivity contribution in [3.8, 4) is 0 Å². The van der Waals surface area contributed by atoms with Gasteiger partial charge in [0.25, 0.3) is 0 Å². The molecule has 0 saturated carbocycles. The highest BCUT2D eigenvalue weighted by Crippen LogP contribution is 2.24. The molecule has 1 atom stereocenters. The second kappa shape index (κ2) is 13.7. The molecule has 0 aromatic heterocycles. The molecule has 0 fully saturated rings. The molecule has 0 radical (unpaired) electrons. The molecule has 2 heteroatoms. The van der Waals surface area contributed by atoms with E-state index in [1.807, 2.05) is 0 Å². The van der Waals surface area contributed by atoms with E-state index in [2.05, 4.69) is 66.4 Å². The first-order valence-corrected chi connectivity index (χ1v) is 11.6. The standard InChI is InChI=1S/C25H42N2/c1-3-5-7-9-11-16-20-26-21-22-27(23-24-17-13-12-14-18-24)25(26)19-15-10-8-6-4-2/h12-14,17-18,21-22,25H,3-11,15-16,19-20,23H2,1-2H3. The normalized spacial score (nSPS) is 16.4. The summed E-state index contributed by atoms with van der Waals surface area (Å²) in [6.45, 7) is 6.84. The highest BCUT2D eigenvalue weighted by Gasteiger charge is 2.25. The Bertz CT molecular complexity index is 496. The van der Waals surface area contributed by atoms with E-state index in [9.17, 15) is 0 Å². The summed E-state index contributed by atoms with van der Waals surface area (Å²) in [6.07, 6.45) is 21.6. The Balaban J connectivity index is 1.80. The predicted octanol–water partition coefficient (Wildman–Crippen LogP) is 7.32. The Kier molecular flexibility index (Phi) is 11.1. The first-order chi connectivity index (χ1) is 13.3. The lowest BCUT2D eigenvalue weighted by Crippen LogP contribution is -2.38. The highest BCUT2D eigenvalue weighted by molar-refractivity contribution is 5.15. The summed E-state index contributed by atoms with van der Waals surface area (Å²) in [4.78, 5) is 5.18. The van der Waals surface area contributed by atoms with Crippen LogP contribution < -0.4 is 0 Å². The third-order valence-electron chi connectivity index (χ3n) is 5.76. The smallest absolute Gasteiger partial charge is 0.101 e. The van der Waals surface area contributed by atoms with Gasteiger partial charge in [0.15, 0.2) is 0 Å². The van der Waals surface area contributed by atoms with Crippen molar-refractivity contribution >= 4 is 0 Å². The number of rotatable bonds is 15. The van der Waals surface area contributed by atoms with Gasteiger partial charge in [-0.25, -0.2) is 0 Å². The zero-order valence-corrected chi connectivity index (χ0v) is 17.9. The van der Waals surface area contributed by atoms with Crippen molar-refractivity contribution in [2.24, 2.45) is 0 Å². The van der Waals surface area contributed by atoms with Crippen molar-refractivity contribution in [3.63, 3.8) is 0 Å². The Morgan fingerprint density at radius 1 is 0.667 bits per heavy atom. The number of nitrogens with zero attached hydrogens (tertiary/aromatic N) is 2. The van der Waals surface area contributed by atoms with Crippen LogP contribution >= 0.6 is 0 Å². The summed E-state index contributed by atoms with van der Waals surface area (Å²) in [5.41, 5.74) is 1.42. The van der Waals surface area contributed by atoms with Gasteiger partial charge in [-0.3, -0.25) is 0 Å². The molecule has 0 saturated heterocycles. The summed E-state index contributed by atoms with van der Waals surface area (Å²) in [5.74, 6) is 0. The first kappa shape index (κ1) is 21.9. The monoisotopic (exact) mass is 370 g/mol. The van der Waals surface area contributed by atoms with Crippen molar-refractivity contribution < 1.29 is 0 Å². The van der Waals surface area contributed by atoms with Gasteiger partial charge in [0.05, 0.1) is 0 Å². The van der Waals surface area contributed by atoms with Gasteiger partial charge >= 0.3 is 0 Å². The lowest BCUT2D eigenvalue weighted by Gasteiger charge is -2.33. The average molecular weight is 371 g/mol. The molecule has 1 aliphatic heterocycles. The Morgan fingerprint density at radius 2 is 1.26 bits per heavy atom. The third-order valence-corrected chi connectivity index (χ3v) is 5.76. The number of unbranched alkanes of at least 4 members (excludes halogenated alkanes) is 9. The zero-order chi connectivity index (χ0) is 19.2. The molecule has 1 aromatic carbocycles. The molecule has 0 bridgehead atoms. The topological polar surface area (TPSA) is 6.48 Å². The summed E-state index contributed by atoms with van der Waals surface area (Å²) in [5, 5.41) is 0. The molecule has 27 heavy (non-hydrogen) atoms. The predicted molar refractivity (Wildman–Crippen MR) is 118 cm³/mol. The van der Waals surface area contributed by atoms with E-state index in [4.69, 9.17) is 0 Å². The van der Waals surface area contributed by atoms with Crippen molar-refractivity contribution in [1.82, 2.24) is 9.80 Å². The summed E-state index contributed by atoms with van der Waals surface area (Å²) < 4.78 is 0. The summed E-state index contributed by atoms with van der Waals surface area (Å²) >= 11 is 0. The Labute approximate surface area is 168 Å². The average Bonchev–Trinajstić information content (AvgIpc) is 3.07. The van der Waals surface area contributed by atoms with Gasteiger partial charge in [-0.1, -0.05) is 102 Å². The van der Waals surface area contributed by atoms with Crippen LogP contribution in [-0.2, 0) is 6.54 Å². The maximum atomic E-state index is 2.61. The minimum atomic E-state index is 0.558. The van der Waals surface area contributed by atoms with Crippen LogP contribution in [0.3, 0.4) is 0 Å². The van der Waals surface area contributed by atoms with Crippen molar-refractivity contribution in [3.05, 3.63) is 48.3 Å². The van der Waals surface area contributed by atoms with Crippen LogP contribution in [0.1, 0.15) is 96.5 Å². The van der Waals surface area contributed by atoms with Crippen LogP contribution in [0, 0.1) is 0 Å². The van der Waals surface area contributed by atoms with Crippen LogP contribution in [0.5, 0.6) is 0 Å². The van der Waals surface area contributed by atoms with Gasteiger partial charge in [-0.05, 0) is 24.8 Å². The number of benzene rings is 1. The molecule has 0 amide bonds. The zero-order valence-electron chi connectivity index (χ0n) is 17.9. The fraction of sp³-hybridized carbons (Fsp3) is 0.680. The van der Waals surface area contributed by atoms with E-state index >= 15 is 0 Å². The van der Waals surface area contributed by atoms with Gasteiger partial charge < -0.3 is 9.80 Å². The second-order valence-corrected chi connectivity index (χ2v) is 8.15. The lowest BCUT2D eigenvalue weighted by molar-refractivity contribution is 0.132. The number of hydrogen-bond donors (Lipinski definition) is 0. The van der Waals surface area contributed by atoms with Crippen LogP contribution in [-0.4, -0.2) is 22.5 Å². The van der Waals surface area contributed by atoms with Crippen molar-refractivity contribution in [2.45, 2.75) is 104 Å². The lowest BCUT2D eigenvalue weighted by atomic mass is 10.1. The molecular formula is C25H42N2. The second-order valence-electron chi connectivity index (χ2n) is 8.15. The Morgan fingerprint density at radius 3 is 1.96 bits per heavy atom. The molecule has 0 aliphatic carbocycles. The van der Waals surface area contributed by atoms with E-state index in [-0.39, 0.29) is 0 Å².